The molecule has 4 aromatic rings. The van der Waals surface area contributed by atoms with Crippen LogP contribution in [0.5, 0.6) is 5.75 Å². The topological polar surface area (TPSA) is 63.2 Å². The SMILES string of the molecule is COc1ccc(-c2nc3ccccc3s2)cc1NC(=S)NC(=O)c1ccc(Cl)c(Cl)c1. The van der Waals surface area contributed by atoms with Crippen LogP contribution in [0.25, 0.3) is 20.8 Å². The number of hydrogen-bond donors (Lipinski definition) is 2. The van der Waals surface area contributed by atoms with E-state index in [1.165, 1.54) is 6.07 Å². The van der Waals surface area contributed by atoms with Gasteiger partial charge >= 0.3 is 0 Å². The fraction of sp³-hybridized carbons (Fsp3) is 0.0455. The normalized spacial score (nSPS) is 10.7. The minimum atomic E-state index is -0.405. The number of thiocarbonyl (C=S) groups is 1. The van der Waals surface area contributed by atoms with Crippen molar-refractivity contribution >= 4 is 73.7 Å². The smallest absolute Gasteiger partial charge is 0.257 e. The Morgan fingerprint density at radius 1 is 1.06 bits per heavy atom. The molecule has 9 heteroatoms. The van der Waals surface area contributed by atoms with E-state index in [0.717, 1.165) is 20.8 Å². The monoisotopic (exact) mass is 487 g/mol. The number of aromatic nitrogens is 1. The number of anilines is 1. The van der Waals surface area contributed by atoms with Gasteiger partial charge in [0.25, 0.3) is 5.91 Å². The van der Waals surface area contributed by atoms with Gasteiger partial charge in [0.2, 0.25) is 0 Å². The Morgan fingerprint density at radius 2 is 1.87 bits per heavy atom. The number of thiazole rings is 1. The van der Waals surface area contributed by atoms with E-state index in [1.807, 2.05) is 42.5 Å². The fourth-order valence-corrected chi connectivity index (χ4v) is 4.36. The molecule has 5 nitrogen and oxygen atoms in total. The van der Waals surface area contributed by atoms with Crippen molar-refractivity contribution in [1.82, 2.24) is 10.3 Å². The van der Waals surface area contributed by atoms with Crippen molar-refractivity contribution in [1.29, 1.82) is 0 Å². The highest BCUT2D eigenvalue weighted by atomic mass is 35.5. The molecule has 0 unspecified atom stereocenters. The van der Waals surface area contributed by atoms with Gasteiger partial charge in [0.05, 0.1) is 33.1 Å². The van der Waals surface area contributed by atoms with Gasteiger partial charge in [-0.15, -0.1) is 11.3 Å². The number of nitrogens with one attached hydrogen (secondary N) is 2. The van der Waals surface area contributed by atoms with Gasteiger partial charge in [-0.3, -0.25) is 10.1 Å². The molecule has 0 aliphatic carbocycles. The molecule has 0 spiro atoms. The number of rotatable bonds is 4. The number of hydrogen-bond acceptors (Lipinski definition) is 5. The van der Waals surface area contributed by atoms with Crippen LogP contribution in [0.15, 0.2) is 60.7 Å². The maximum Gasteiger partial charge on any atom is 0.257 e. The zero-order valence-corrected chi connectivity index (χ0v) is 19.3. The summed E-state index contributed by atoms with van der Waals surface area (Å²) in [6, 6.07) is 18.2. The van der Waals surface area contributed by atoms with E-state index in [1.54, 1.807) is 30.6 Å². The number of benzene rings is 3. The van der Waals surface area contributed by atoms with Gasteiger partial charge in [-0.25, -0.2) is 4.98 Å². The molecule has 1 heterocycles. The molecule has 0 atom stereocenters. The molecule has 2 N–H and O–H groups in total. The molecule has 0 fully saturated rings. The summed E-state index contributed by atoms with van der Waals surface area (Å²) in [4.78, 5) is 17.2. The van der Waals surface area contributed by atoms with E-state index in [0.29, 0.717) is 27.0 Å². The van der Waals surface area contributed by atoms with Gasteiger partial charge in [-0.2, -0.15) is 0 Å². The van der Waals surface area contributed by atoms with E-state index in [2.05, 4.69) is 15.6 Å². The Labute approximate surface area is 198 Å². The van der Waals surface area contributed by atoms with E-state index in [4.69, 9.17) is 40.2 Å². The molecule has 0 saturated heterocycles. The van der Waals surface area contributed by atoms with Gasteiger partial charge in [-0.1, -0.05) is 35.3 Å². The number of carbonyl (C=O) groups excluding carboxylic acids is 1. The number of para-hydroxylation sites is 1. The highest BCUT2D eigenvalue weighted by molar-refractivity contribution is 7.80. The molecule has 0 aliphatic rings. The molecular formula is C22H15Cl2N3O2S2. The van der Waals surface area contributed by atoms with Gasteiger partial charge < -0.3 is 10.1 Å². The van der Waals surface area contributed by atoms with Crippen molar-refractivity contribution in [3.8, 4) is 16.3 Å². The van der Waals surface area contributed by atoms with Crippen molar-refractivity contribution in [2.45, 2.75) is 0 Å². The lowest BCUT2D eigenvalue weighted by molar-refractivity contribution is 0.0977. The number of fused-ring (bicyclic) bond motifs is 1. The molecule has 3 aromatic carbocycles. The van der Waals surface area contributed by atoms with Crippen LogP contribution < -0.4 is 15.4 Å². The molecule has 31 heavy (non-hydrogen) atoms. The molecule has 1 aromatic heterocycles. The first-order chi connectivity index (χ1) is 14.9. The van der Waals surface area contributed by atoms with Crippen LogP contribution in [-0.2, 0) is 0 Å². The first-order valence-corrected chi connectivity index (χ1v) is 11.0. The zero-order valence-electron chi connectivity index (χ0n) is 16.1. The van der Waals surface area contributed by atoms with Gasteiger partial charge in [0, 0.05) is 11.1 Å². The maximum atomic E-state index is 12.5. The molecule has 4 rings (SSSR count). The number of carbonyl (C=O) groups is 1. The first kappa shape index (κ1) is 21.5. The summed E-state index contributed by atoms with van der Waals surface area (Å²) >= 11 is 18.8. The lowest BCUT2D eigenvalue weighted by Gasteiger charge is -2.14. The highest BCUT2D eigenvalue weighted by Gasteiger charge is 2.14. The number of methoxy groups -OCH3 is 1. The Hall–Kier alpha value is -2.71. The third kappa shape index (κ3) is 4.80. The maximum absolute atomic E-state index is 12.5. The summed E-state index contributed by atoms with van der Waals surface area (Å²) in [5, 5.41) is 7.31. The van der Waals surface area contributed by atoms with Crippen molar-refractivity contribution in [3.63, 3.8) is 0 Å². The number of amides is 1. The van der Waals surface area contributed by atoms with Crippen LogP contribution in [0.2, 0.25) is 10.0 Å². The summed E-state index contributed by atoms with van der Waals surface area (Å²) < 4.78 is 6.53. The van der Waals surface area contributed by atoms with Crippen LogP contribution in [0.3, 0.4) is 0 Å². The van der Waals surface area contributed by atoms with Crippen LogP contribution in [0, 0.1) is 0 Å². The lowest BCUT2D eigenvalue weighted by atomic mass is 10.2. The zero-order chi connectivity index (χ0) is 22.0. The predicted molar refractivity (Wildman–Crippen MR) is 132 cm³/mol. The number of ether oxygens (including phenoxy) is 1. The minimum Gasteiger partial charge on any atom is -0.495 e. The Bertz CT molecular complexity index is 1270. The average Bonchev–Trinajstić information content (AvgIpc) is 3.20. The fourth-order valence-electron chi connectivity index (χ4n) is 2.90. The first-order valence-electron chi connectivity index (χ1n) is 9.06. The van der Waals surface area contributed by atoms with E-state index >= 15 is 0 Å². The summed E-state index contributed by atoms with van der Waals surface area (Å²) in [5.74, 6) is 0.174. The minimum absolute atomic E-state index is 0.121. The highest BCUT2D eigenvalue weighted by Crippen LogP contribution is 2.34. The Balaban J connectivity index is 1.55. The largest absolute Gasteiger partial charge is 0.495 e. The number of nitrogens with zero attached hydrogens (tertiary/aromatic N) is 1. The van der Waals surface area contributed by atoms with Crippen molar-refractivity contribution in [3.05, 3.63) is 76.3 Å². The van der Waals surface area contributed by atoms with Crippen LogP contribution in [0.1, 0.15) is 10.4 Å². The van der Waals surface area contributed by atoms with Crippen LogP contribution in [0.4, 0.5) is 5.69 Å². The molecule has 0 aliphatic heterocycles. The van der Waals surface area contributed by atoms with Crippen LogP contribution in [-0.4, -0.2) is 23.1 Å². The molecule has 156 valence electrons. The third-order valence-electron chi connectivity index (χ3n) is 4.40. The number of halogens is 2. The van der Waals surface area contributed by atoms with Crippen molar-refractivity contribution < 1.29 is 9.53 Å². The van der Waals surface area contributed by atoms with E-state index in [9.17, 15) is 4.79 Å². The van der Waals surface area contributed by atoms with Crippen LogP contribution >= 0.6 is 46.8 Å². The second-order valence-corrected chi connectivity index (χ2v) is 8.69. The second-order valence-electron chi connectivity index (χ2n) is 6.44. The third-order valence-corrected chi connectivity index (χ3v) is 6.43. The average molecular weight is 488 g/mol. The van der Waals surface area contributed by atoms with Gasteiger partial charge in [0.15, 0.2) is 5.11 Å². The summed E-state index contributed by atoms with van der Waals surface area (Å²) in [7, 11) is 1.56. The quantitative estimate of drug-likeness (QED) is 0.325. The van der Waals surface area contributed by atoms with E-state index in [-0.39, 0.29) is 5.11 Å². The Kier molecular flexibility index (Phi) is 6.38. The summed E-state index contributed by atoms with van der Waals surface area (Å²) in [6.07, 6.45) is 0. The molecule has 0 radical (unpaired) electrons. The predicted octanol–water partition coefficient (Wildman–Crippen LogP) is 6.41. The lowest BCUT2D eigenvalue weighted by Crippen LogP contribution is -2.34. The summed E-state index contributed by atoms with van der Waals surface area (Å²) in [5.41, 5.74) is 2.80. The Morgan fingerprint density at radius 3 is 2.61 bits per heavy atom. The standard InChI is InChI=1S/C22H15Cl2N3O2S2/c1-29-18-9-7-13(21-25-16-4-2-3-5-19(16)31-21)11-17(18)26-22(30)27-20(28)12-6-8-14(23)15(24)10-12/h2-11H,1H3,(H2,26,27,28,30). The van der Waals surface area contributed by atoms with Gasteiger partial charge in [-0.05, 0) is 60.7 Å². The molecule has 0 saturated carbocycles. The van der Waals surface area contributed by atoms with Gasteiger partial charge in [0.1, 0.15) is 10.8 Å². The van der Waals surface area contributed by atoms with Crippen molar-refractivity contribution in [2.75, 3.05) is 12.4 Å². The second kappa shape index (κ2) is 9.20. The molecule has 1 amide bonds. The summed E-state index contributed by atoms with van der Waals surface area (Å²) in [6.45, 7) is 0. The molecular weight excluding hydrogens is 473 g/mol. The van der Waals surface area contributed by atoms with Crippen molar-refractivity contribution in [2.24, 2.45) is 0 Å². The van der Waals surface area contributed by atoms with E-state index < -0.39 is 5.91 Å². The molecule has 0 bridgehead atoms.